The Kier molecular flexibility index (Phi) is 1.36. The van der Waals surface area contributed by atoms with Crippen molar-refractivity contribution in [3.05, 3.63) is 0 Å². The quantitative estimate of drug-likeness (QED) is 0.518. The molecule has 0 heterocycles. The molecule has 0 saturated heterocycles. The van der Waals surface area contributed by atoms with Crippen LogP contribution in [0.25, 0.3) is 0 Å². The number of fused-ring (bicyclic) bond motifs is 1. The van der Waals surface area contributed by atoms with Crippen LogP contribution < -0.4 is 0 Å². The van der Waals surface area contributed by atoms with Crippen LogP contribution in [0.1, 0.15) is 19.3 Å². The highest BCUT2D eigenvalue weighted by molar-refractivity contribution is 14.1. The third kappa shape index (κ3) is 1.09. The average molecular weight is 252 g/mol. The first-order valence-electron chi connectivity index (χ1n) is 3.52. The summed E-state index contributed by atoms with van der Waals surface area (Å²) in [6.07, 6.45) is 2.23. The van der Waals surface area contributed by atoms with Crippen molar-refractivity contribution in [2.24, 2.45) is 11.8 Å². The number of carbonyl (C=O) groups excluding carboxylic acids is 1. The molecule has 0 aromatic rings. The Balaban J connectivity index is 2.13. The van der Waals surface area contributed by atoms with Gasteiger partial charge in [-0.3, -0.25) is 4.79 Å². The molecule has 10 heavy (non-hydrogen) atoms. The maximum absolute atomic E-state index is 11.1. The third-order valence-electron chi connectivity index (χ3n) is 2.36. The van der Waals surface area contributed by atoms with Gasteiger partial charge in [-0.1, -0.05) is 0 Å². The summed E-state index contributed by atoms with van der Waals surface area (Å²) in [5.74, 6) is 1.12. The number of aliphatic hydroxyl groups is 1. The summed E-state index contributed by atoms with van der Waals surface area (Å²) in [5.41, 5.74) is 0. The highest BCUT2D eigenvalue weighted by Gasteiger charge is 2.52. The smallest absolute Gasteiger partial charge is 0.139 e. The molecule has 2 aliphatic carbocycles. The van der Waals surface area contributed by atoms with Gasteiger partial charge in [0.1, 0.15) is 9.39 Å². The summed E-state index contributed by atoms with van der Waals surface area (Å²) >= 11 is 1.98. The van der Waals surface area contributed by atoms with Gasteiger partial charge in [0.15, 0.2) is 0 Å². The van der Waals surface area contributed by atoms with Gasteiger partial charge in [-0.05, 0) is 41.4 Å². The molecule has 2 saturated carbocycles. The first-order chi connectivity index (χ1) is 4.58. The standard InChI is InChI=1S/C7H9IO2/c8-7(10)2-4-1-5(4)6(9)3-7/h4-5,10H,1-3H2/t4-,5?,7?/m1/s1. The zero-order valence-corrected chi connectivity index (χ0v) is 7.67. The first kappa shape index (κ1) is 7.03. The molecule has 0 radical (unpaired) electrons. The van der Waals surface area contributed by atoms with E-state index in [1.165, 1.54) is 0 Å². The molecular weight excluding hydrogens is 243 g/mol. The van der Waals surface area contributed by atoms with E-state index in [2.05, 4.69) is 0 Å². The Labute approximate surface area is 73.1 Å². The van der Waals surface area contributed by atoms with Crippen molar-refractivity contribution in [3.8, 4) is 0 Å². The molecule has 2 unspecified atom stereocenters. The van der Waals surface area contributed by atoms with Crippen LogP contribution in [0.2, 0.25) is 0 Å². The lowest BCUT2D eigenvalue weighted by molar-refractivity contribution is -0.124. The molecule has 0 aliphatic heterocycles. The van der Waals surface area contributed by atoms with Crippen molar-refractivity contribution in [1.29, 1.82) is 0 Å². The Bertz CT molecular complexity index is 188. The van der Waals surface area contributed by atoms with Crippen LogP contribution in [0.5, 0.6) is 0 Å². The molecule has 0 aromatic carbocycles. The van der Waals surface area contributed by atoms with Gasteiger partial charge in [-0.2, -0.15) is 0 Å². The van der Waals surface area contributed by atoms with Crippen LogP contribution in [0.4, 0.5) is 0 Å². The maximum atomic E-state index is 11.1. The van der Waals surface area contributed by atoms with Crippen LogP contribution in [0.15, 0.2) is 0 Å². The van der Waals surface area contributed by atoms with E-state index in [-0.39, 0.29) is 5.78 Å². The van der Waals surface area contributed by atoms with E-state index in [0.29, 0.717) is 18.3 Å². The zero-order valence-electron chi connectivity index (χ0n) is 5.51. The number of carbonyl (C=O) groups is 1. The molecule has 0 bridgehead atoms. The fourth-order valence-corrected chi connectivity index (χ4v) is 2.68. The summed E-state index contributed by atoms with van der Waals surface area (Å²) in [4.78, 5) is 11.1. The van der Waals surface area contributed by atoms with Crippen molar-refractivity contribution in [2.75, 3.05) is 0 Å². The fraction of sp³-hybridized carbons (Fsp3) is 0.857. The summed E-state index contributed by atoms with van der Waals surface area (Å²) < 4.78 is -0.716. The van der Waals surface area contributed by atoms with Crippen molar-refractivity contribution < 1.29 is 9.90 Å². The van der Waals surface area contributed by atoms with Crippen LogP contribution in [0.3, 0.4) is 0 Å². The molecule has 0 aromatic heterocycles. The second-order valence-electron chi connectivity index (χ2n) is 3.37. The second-order valence-corrected chi connectivity index (χ2v) is 5.38. The number of Topliss-reactive ketones (excluding diaryl/α,β-unsaturated/α-hetero) is 1. The summed E-state index contributed by atoms with van der Waals surface area (Å²) in [5, 5.41) is 9.51. The molecular formula is C7H9IO2. The van der Waals surface area contributed by atoms with Gasteiger partial charge in [0.25, 0.3) is 0 Å². The monoisotopic (exact) mass is 252 g/mol. The molecule has 0 spiro atoms. The third-order valence-corrected chi connectivity index (χ3v) is 3.18. The number of alkyl halides is 1. The molecule has 2 fully saturated rings. The lowest BCUT2D eigenvalue weighted by atomic mass is 9.97. The Hall–Kier alpha value is 0.360. The minimum atomic E-state index is -0.716. The number of ketones is 1. The molecule has 0 amide bonds. The topological polar surface area (TPSA) is 37.3 Å². The number of hydrogen-bond donors (Lipinski definition) is 1. The van der Waals surface area contributed by atoms with Crippen molar-refractivity contribution >= 4 is 28.4 Å². The van der Waals surface area contributed by atoms with E-state index in [9.17, 15) is 9.90 Å². The van der Waals surface area contributed by atoms with Crippen molar-refractivity contribution in [2.45, 2.75) is 22.9 Å². The van der Waals surface area contributed by atoms with E-state index >= 15 is 0 Å². The molecule has 56 valence electrons. The fourth-order valence-electron chi connectivity index (χ4n) is 1.74. The Morgan fingerprint density at radius 3 is 3.00 bits per heavy atom. The van der Waals surface area contributed by atoms with Gasteiger partial charge >= 0.3 is 0 Å². The van der Waals surface area contributed by atoms with Crippen LogP contribution in [-0.2, 0) is 4.79 Å². The SMILES string of the molecule is O=C1CC(O)(I)C[C@H]2CC12. The number of rotatable bonds is 0. The molecule has 2 rings (SSSR count). The van der Waals surface area contributed by atoms with Crippen molar-refractivity contribution in [1.82, 2.24) is 0 Å². The van der Waals surface area contributed by atoms with Crippen molar-refractivity contribution in [3.63, 3.8) is 0 Å². The van der Waals surface area contributed by atoms with Crippen LogP contribution in [0, 0.1) is 11.8 Å². The van der Waals surface area contributed by atoms with Gasteiger partial charge in [-0.15, -0.1) is 0 Å². The van der Waals surface area contributed by atoms with E-state index in [4.69, 9.17) is 0 Å². The van der Waals surface area contributed by atoms with Crippen LogP contribution in [-0.4, -0.2) is 14.5 Å². The van der Waals surface area contributed by atoms with Gasteiger partial charge in [0.05, 0.1) is 0 Å². The van der Waals surface area contributed by atoms with E-state index in [1.54, 1.807) is 0 Å². The van der Waals surface area contributed by atoms with Gasteiger partial charge < -0.3 is 5.11 Å². The van der Waals surface area contributed by atoms with E-state index in [0.717, 1.165) is 12.8 Å². The molecule has 1 N–H and O–H groups in total. The first-order valence-corrected chi connectivity index (χ1v) is 4.60. The lowest BCUT2D eigenvalue weighted by Gasteiger charge is -2.23. The lowest BCUT2D eigenvalue weighted by Crippen LogP contribution is -2.30. The molecule has 3 atom stereocenters. The highest BCUT2D eigenvalue weighted by Crippen LogP contribution is 2.52. The predicted molar refractivity (Wildman–Crippen MR) is 44.8 cm³/mol. The predicted octanol–water partition coefficient (Wildman–Crippen LogP) is 1.11. The zero-order chi connectivity index (χ0) is 7.35. The van der Waals surface area contributed by atoms with Gasteiger partial charge in [0.2, 0.25) is 0 Å². The summed E-state index contributed by atoms with van der Waals surface area (Å²) in [6, 6.07) is 0. The highest BCUT2D eigenvalue weighted by atomic mass is 127. The average Bonchev–Trinajstić information content (AvgIpc) is 2.40. The Morgan fingerprint density at radius 2 is 2.40 bits per heavy atom. The van der Waals surface area contributed by atoms with E-state index in [1.807, 2.05) is 22.6 Å². The minimum absolute atomic E-state index is 0.271. The van der Waals surface area contributed by atoms with Crippen LogP contribution >= 0.6 is 22.6 Å². The minimum Gasteiger partial charge on any atom is -0.379 e. The maximum Gasteiger partial charge on any atom is 0.139 e. The molecule has 2 aliphatic rings. The normalized spacial score (nSPS) is 52.4. The van der Waals surface area contributed by atoms with Gasteiger partial charge in [-0.25, -0.2) is 0 Å². The summed E-state index contributed by atoms with van der Waals surface area (Å²) in [7, 11) is 0. The number of halogens is 1. The van der Waals surface area contributed by atoms with Gasteiger partial charge in [0, 0.05) is 12.3 Å². The largest absolute Gasteiger partial charge is 0.379 e. The molecule has 3 heteroatoms. The molecule has 2 nitrogen and oxygen atoms in total. The number of hydrogen-bond acceptors (Lipinski definition) is 2. The second kappa shape index (κ2) is 1.94. The summed E-state index contributed by atoms with van der Waals surface area (Å²) in [6.45, 7) is 0. The van der Waals surface area contributed by atoms with E-state index < -0.39 is 3.61 Å². The Morgan fingerprint density at radius 1 is 1.70 bits per heavy atom.